The lowest BCUT2D eigenvalue weighted by molar-refractivity contribution is -0.299. The van der Waals surface area contributed by atoms with Gasteiger partial charge in [0.25, 0.3) is 5.91 Å². The number of ether oxygens (including phenoxy) is 4. The van der Waals surface area contributed by atoms with Gasteiger partial charge in [-0.15, -0.1) is 10.2 Å². The molecule has 0 spiro atoms. The Morgan fingerprint density at radius 1 is 0.786 bits per heavy atom. The van der Waals surface area contributed by atoms with Gasteiger partial charge in [-0.1, -0.05) is 24.3 Å². The van der Waals surface area contributed by atoms with E-state index in [2.05, 4.69) is 20.6 Å². The third-order valence-corrected chi connectivity index (χ3v) is 10.4. The number of carbonyl (C=O) groups is 1. The van der Waals surface area contributed by atoms with E-state index in [0.717, 1.165) is 13.8 Å². The SMILES string of the molecule is CCC(C)(F)C(COC(C)(CC)C(F)(C(=O)N(Cc1cn(C(C)(C)C(O)COC)nn1)Cc1cn(C(C)(C)C(COC)OC(C)C)nn1)C(F)(F)F)C(F)(F)F. The molecule has 324 valence electrons. The van der Waals surface area contributed by atoms with Gasteiger partial charge in [0.05, 0.1) is 62.5 Å². The van der Waals surface area contributed by atoms with E-state index >= 15 is 22.0 Å². The second kappa shape index (κ2) is 18.3. The fourth-order valence-corrected chi connectivity index (χ4v) is 5.88. The van der Waals surface area contributed by atoms with Gasteiger partial charge in [-0.05, 0) is 68.2 Å². The molecule has 0 saturated heterocycles. The van der Waals surface area contributed by atoms with Crippen molar-refractivity contribution in [3.63, 3.8) is 0 Å². The number of nitrogens with zero attached hydrogens (tertiary/aromatic N) is 7. The molecule has 0 fully saturated rings. The molecule has 2 heterocycles. The normalized spacial score (nSPS) is 18.2. The van der Waals surface area contributed by atoms with Crippen LogP contribution >= 0.6 is 0 Å². The van der Waals surface area contributed by atoms with Crippen molar-refractivity contribution >= 4 is 5.91 Å². The fraction of sp³-hybridized carbons (Fsp3) is 0.857. The van der Waals surface area contributed by atoms with Crippen molar-refractivity contribution in [3.05, 3.63) is 23.8 Å². The number of aromatic nitrogens is 6. The van der Waals surface area contributed by atoms with E-state index in [1.165, 1.54) is 36.0 Å². The number of amides is 1. The summed E-state index contributed by atoms with van der Waals surface area (Å²) >= 11 is 0. The molecule has 0 radical (unpaired) electrons. The lowest BCUT2D eigenvalue weighted by atomic mass is 9.80. The maximum absolute atomic E-state index is 17.2. The van der Waals surface area contributed by atoms with Crippen molar-refractivity contribution in [3.8, 4) is 0 Å². The van der Waals surface area contributed by atoms with Crippen LogP contribution in [0.15, 0.2) is 12.4 Å². The fourth-order valence-electron chi connectivity index (χ4n) is 5.88. The topological polar surface area (TPSA) is 139 Å². The Bertz CT molecular complexity index is 1550. The second-order valence-electron chi connectivity index (χ2n) is 15.7. The van der Waals surface area contributed by atoms with Gasteiger partial charge in [0, 0.05) is 14.2 Å². The van der Waals surface area contributed by atoms with Crippen LogP contribution in [-0.2, 0) is 47.9 Å². The molecule has 13 nitrogen and oxygen atoms in total. The summed E-state index contributed by atoms with van der Waals surface area (Å²) in [6, 6.07) is 0. The molecule has 0 aliphatic carbocycles. The van der Waals surface area contributed by atoms with Gasteiger partial charge in [-0.3, -0.25) is 4.79 Å². The molecule has 0 aliphatic heterocycles. The Kier molecular flexibility index (Phi) is 16.0. The number of alkyl halides is 8. The van der Waals surface area contributed by atoms with Gasteiger partial charge in [0.2, 0.25) is 0 Å². The number of hydrogen-bond acceptors (Lipinski definition) is 10. The van der Waals surface area contributed by atoms with Crippen LogP contribution in [0.4, 0.5) is 35.1 Å². The predicted octanol–water partition coefficient (Wildman–Crippen LogP) is 6.09. The summed E-state index contributed by atoms with van der Waals surface area (Å²) in [4.78, 5) is 14.7. The van der Waals surface area contributed by atoms with Crippen LogP contribution in [0, 0.1) is 5.92 Å². The van der Waals surface area contributed by atoms with Gasteiger partial charge in [0.15, 0.2) is 0 Å². The monoisotopic (exact) mass is 823 g/mol. The van der Waals surface area contributed by atoms with Crippen LogP contribution in [-0.4, -0.2) is 128 Å². The standard InChI is InChI=1S/C35H57F8N7O6/c1-13-31(9,36)25(34(38,39)40)19-55-32(10,14-2)33(37,35(41,42)43)28(52)48(15-23-17-49(46-44-23)29(5,6)26(51)20-53-11)16-24-18-50(47-45-24)30(7,8)27(21-54-12)56-22(3)4/h17-18,22,25-27,51H,13-16,19-21H2,1-12H3. The Balaban J connectivity index is 2.75. The van der Waals surface area contributed by atoms with Crippen molar-refractivity contribution in [2.45, 2.75) is 154 Å². The largest absolute Gasteiger partial charge is 0.434 e. The zero-order chi connectivity index (χ0) is 43.3. The minimum Gasteiger partial charge on any atom is -0.388 e. The molecule has 56 heavy (non-hydrogen) atoms. The lowest BCUT2D eigenvalue weighted by Crippen LogP contribution is -2.68. The summed E-state index contributed by atoms with van der Waals surface area (Å²) in [6.45, 7) is 10.0. The zero-order valence-electron chi connectivity index (χ0n) is 34.1. The zero-order valence-corrected chi connectivity index (χ0v) is 34.1. The number of aliphatic hydroxyl groups excluding tert-OH is 1. The summed E-state index contributed by atoms with van der Waals surface area (Å²) in [5.41, 5.74) is -13.8. The molecule has 2 aromatic rings. The van der Waals surface area contributed by atoms with Crippen molar-refractivity contribution in [1.82, 2.24) is 34.9 Å². The molecule has 0 aromatic carbocycles. The van der Waals surface area contributed by atoms with E-state index < -0.39 is 96.9 Å². The number of hydrogen-bond donors (Lipinski definition) is 1. The van der Waals surface area contributed by atoms with Crippen LogP contribution in [0.1, 0.15) is 93.5 Å². The Hall–Kier alpha value is -3.01. The highest BCUT2D eigenvalue weighted by molar-refractivity contribution is 5.87. The van der Waals surface area contributed by atoms with E-state index in [9.17, 15) is 23.1 Å². The van der Waals surface area contributed by atoms with Crippen LogP contribution in [0.2, 0.25) is 0 Å². The Labute approximate surface area is 322 Å². The minimum atomic E-state index is -6.07. The smallest absolute Gasteiger partial charge is 0.388 e. The molecule has 6 atom stereocenters. The molecular weight excluding hydrogens is 766 g/mol. The van der Waals surface area contributed by atoms with Gasteiger partial charge in [-0.25, -0.2) is 18.1 Å². The summed E-state index contributed by atoms with van der Waals surface area (Å²) in [5.74, 6) is -5.21. The predicted molar refractivity (Wildman–Crippen MR) is 187 cm³/mol. The van der Waals surface area contributed by atoms with E-state index in [1.807, 2.05) is 0 Å². The highest BCUT2D eigenvalue weighted by atomic mass is 19.4. The first-order valence-corrected chi connectivity index (χ1v) is 18.1. The van der Waals surface area contributed by atoms with E-state index in [0.29, 0.717) is 18.7 Å². The Morgan fingerprint density at radius 3 is 1.66 bits per heavy atom. The van der Waals surface area contributed by atoms with Crippen molar-refractivity contribution in [2.24, 2.45) is 5.92 Å². The molecule has 2 aromatic heterocycles. The highest BCUT2D eigenvalue weighted by Gasteiger charge is 2.73. The van der Waals surface area contributed by atoms with E-state index in [1.54, 1.807) is 41.5 Å². The van der Waals surface area contributed by atoms with Crippen LogP contribution < -0.4 is 0 Å². The van der Waals surface area contributed by atoms with Gasteiger partial charge < -0.3 is 29.0 Å². The number of halogens is 8. The quantitative estimate of drug-likeness (QED) is 0.139. The number of carbonyl (C=O) groups excluding carboxylic acids is 1. The van der Waals surface area contributed by atoms with Gasteiger partial charge in [0.1, 0.15) is 40.8 Å². The molecule has 6 unspecified atom stereocenters. The summed E-state index contributed by atoms with van der Waals surface area (Å²) in [6.07, 6.45) is -12.5. The Morgan fingerprint density at radius 2 is 1.27 bits per heavy atom. The van der Waals surface area contributed by atoms with Crippen LogP contribution in [0.5, 0.6) is 0 Å². The molecule has 0 aliphatic rings. The summed E-state index contributed by atoms with van der Waals surface area (Å²) in [7, 11) is 2.81. The molecule has 1 N–H and O–H groups in total. The number of rotatable bonds is 22. The average molecular weight is 824 g/mol. The van der Waals surface area contributed by atoms with Gasteiger partial charge in [-0.2, -0.15) is 26.3 Å². The summed E-state index contributed by atoms with van der Waals surface area (Å²) < 4.78 is 144. The number of aliphatic hydroxyl groups is 1. The van der Waals surface area contributed by atoms with Crippen molar-refractivity contribution in [1.29, 1.82) is 0 Å². The molecular formula is C35H57F8N7O6. The van der Waals surface area contributed by atoms with E-state index in [-0.39, 0.29) is 30.7 Å². The third-order valence-electron chi connectivity index (χ3n) is 10.4. The second-order valence-corrected chi connectivity index (χ2v) is 15.7. The maximum atomic E-state index is 17.2. The lowest BCUT2D eigenvalue weighted by Gasteiger charge is -2.45. The first kappa shape index (κ1) is 49.1. The van der Waals surface area contributed by atoms with Crippen LogP contribution in [0.3, 0.4) is 0 Å². The third kappa shape index (κ3) is 10.7. The number of methoxy groups -OCH3 is 2. The first-order valence-electron chi connectivity index (χ1n) is 18.1. The first-order chi connectivity index (χ1) is 25.5. The molecule has 0 bridgehead atoms. The highest BCUT2D eigenvalue weighted by Crippen LogP contribution is 2.49. The van der Waals surface area contributed by atoms with Gasteiger partial charge >= 0.3 is 18.0 Å². The summed E-state index contributed by atoms with van der Waals surface area (Å²) in [5, 5.41) is 26.7. The van der Waals surface area contributed by atoms with E-state index in [4.69, 9.17) is 18.9 Å². The van der Waals surface area contributed by atoms with Crippen molar-refractivity contribution < 1.29 is 64.0 Å². The maximum Gasteiger partial charge on any atom is 0.434 e. The molecule has 1 amide bonds. The molecule has 2 rings (SSSR count). The molecule has 21 heteroatoms. The van der Waals surface area contributed by atoms with Crippen molar-refractivity contribution in [2.75, 3.05) is 34.0 Å². The average Bonchev–Trinajstić information content (AvgIpc) is 3.76. The van der Waals surface area contributed by atoms with Crippen LogP contribution in [0.25, 0.3) is 0 Å². The minimum absolute atomic E-state index is 0.108. The molecule has 0 saturated carbocycles.